The van der Waals surface area contributed by atoms with Crippen molar-refractivity contribution in [3.8, 4) is 17.1 Å². The number of aromatic nitrogens is 3. The fourth-order valence-electron chi connectivity index (χ4n) is 2.82. The number of benzene rings is 2. The van der Waals surface area contributed by atoms with Crippen LogP contribution in [0.1, 0.15) is 26.7 Å². The quantitative estimate of drug-likeness (QED) is 0.363. The van der Waals surface area contributed by atoms with E-state index in [2.05, 4.69) is 10.2 Å². The van der Waals surface area contributed by atoms with Crippen LogP contribution in [0.2, 0.25) is 5.02 Å². The van der Waals surface area contributed by atoms with Gasteiger partial charge in [0.05, 0.1) is 11.6 Å². The van der Waals surface area contributed by atoms with Gasteiger partial charge in [0.2, 0.25) is 0 Å². The lowest BCUT2D eigenvalue weighted by Gasteiger charge is -2.15. The zero-order chi connectivity index (χ0) is 19.9. The maximum Gasteiger partial charge on any atom is 0.319 e. The molecule has 2 aromatic carbocycles. The van der Waals surface area contributed by atoms with Crippen molar-refractivity contribution in [2.24, 2.45) is 0 Å². The van der Waals surface area contributed by atoms with Gasteiger partial charge in [0, 0.05) is 11.3 Å². The maximum atomic E-state index is 12.4. The van der Waals surface area contributed by atoms with Crippen molar-refractivity contribution in [1.29, 1.82) is 0 Å². The van der Waals surface area contributed by atoms with Crippen molar-refractivity contribution in [1.82, 2.24) is 14.8 Å². The zero-order valence-electron chi connectivity index (χ0n) is 15.8. The molecular weight excluding hydrogens is 394 g/mol. The molecule has 0 radical (unpaired) electrons. The molecule has 146 valence electrons. The number of esters is 1. The van der Waals surface area contributed by atoms with Crippen LogP contribution in [-0.4, -0.2) is 32.6 Å². The highest BCUT2D eigenvalue weighted by molar-refractivity contribution is 8.00. The molecule has 0 spiro atoms. The largest absolute Gasteiger partial charge is 0.465 e. The number of rotatable bonds is 8. The Bertz CT molecular complexity index is 930. The molecule has 0 bridgehead atoms. The number of carbonyl (C=O) groups is 1. The number of carbonyl (C=O) groups excluding carboxylic acids is 1. The minimum absolute atomic E-state index is 0.226. The molecule has 1 heterocycles. The van der Waals surface area contributed by atoms with Crippen LogP contribution in [0.15, 0.2) is 59.8 Å². The van der Waals surface area contributed by atoms with E-state index in [1.165, 1.54) is 11.8 Å². The van der Waals surface area contributed by atoms with Gasteiger partial charge in [-0.2, -0.15) is 0 Å². The Morgan fingerprint density at radius 1 is 1.11 bits per heavy atom. The SMILES string of the molecule is CCCC(Sc1nnc(-c2ccccc2Cl)n1-c1ccccc1)C(=O)OCC. The van der Waals surface area contributed by atoms with Crippen LogP contribution in [0.4, 0.5) is 0 Å². The molecule has 1 atom stereocenters. The molecule has 3 rings (SSSR count). The summed E-state index contributed by atoms with van der Waals surface area (Å²) < 4.78 is 7.18. The molecule has 0 aliphatic heterocycles. The fourth-order valence-corrected chi connectivity index (χ4v) is 4.20. The van der Waals surface area contributed by atoms with Gasteiger partial charge in [0.25, 0.3) is 0 Å². The molecule has 1 unspecified atom stereocenters. The molecule has 7 heteroatoms. The van der Waals surface area contributed by atoms with E-state index in [0.717, 1.165) is 17.7 Å². The van der Waals surface area contributed by atoms with Gasteiger partial charge in [-0.1, -0.05) is 67.0 Å². The molecule has 0 fully saturated rings. The third kappa shape index (κ3) is 4.56. The summed E-state index contributed by atoms with van der Waals surface area (Å²) in [5, 5.41) is 9.67. The molecule has 0 aliphatic rings. The summed E-state index contributed by atoms with van der Waals surface area (Å²) >= 11 is 7.79. The Morgan fingerprint density at radius 3 is 2.50 bits per heavy atom. The van der Waals surface area contributed by atoms with Crippen LogP contribution in [0.3, 0.4) is 0 Å². The summed E-state index contributed by atoms with van der Waals surface area (Å²) in [6.45, 7) is 4.22. The summed E-state index contributed by atoms with van der Waals surface area (Å²) in [6, 6.07) is 17.3. The lowest BCUT2D eigenvalue weighted by Crippen LogP contribution is -2.20. The third-order valence-corrected chi connectivity index (χ3v) is 5.63. The highest BCUT2D eigenvalue weighted by Gasteiger charge is 2.25. The van der Waals surface area contributed by atoms with Crippen LogP contribution in [0.25, 0.3) is 17.1 Å². The average Bonchev–Trinajstić information content (AvgIpc) is 3.12. The Hall–Kier alpha value is -2.31. The van der Waals surface area contributed by atoms with Crippen molar-refractivity contribution >= 4 is 29.3 Å². The normalized spacial score (nSPS) is 12.0. The molecular formula is C21H22ClN3O2S. The topological polar surface area (TPSA) is 57.0 Å². The number of hydrogen-bond acceptors (Lipinski definition) is 5. The van der Waals surface area contributed by atoms with E-state index in [9.17, 15) is 4.79 Å². The lowest BCUT2D eigenvalue weighted by molar-refractivity contribution is -0.142. The van der Waals surface area contributed by atoms with Crippen molar-refractivity contribution in [2.75, 3.05) is 6.61 Å². The van der Waals surface area contributed by atoms with Crippen LogP contribution in [-0.2, 0) is 9.53 Å². The van der Waals surface area contributed by atoms with Crippen LogP contribution >= 0.6 is 23.4 Å². The van der Waals surface area contributed by atoms with Crippen molar-refractivity contribution in [3.63, 3.8) is 0 Å². The highest BCUT2D eigenvalue weighted by Crippen LogP contribution is 2.34. The first-order valence-electron chi connectivity index (χ1n) is 9.24. The highest BCUT2D eigenvalue weighted by atomic mass is 35.5. The molecule has 5 nitrogen and oxygen atoms in total. The van der Waals surface area contributed by atoms with Gasteiger partial charge in [0.15, 0.2) is 11.0 Å². The Balaban J connectivity index is 2.07. The second-order valence-electron chi connectivity index (χ2n) is 6.10. The molecule has 0 N–H and O–H groups in total. The Morgan fingerprint density at radius 2 is 1.82 bits per heavy atom. The van der Waals surface area contributed by atoms with Gasteiger partial charge in [-0.05, 0) is 37.6 Å². The van der Waals surface area contributed by atoms with Crippen molar-refractivity contribution in [3.05, 3.63) is 59.6 Å². The van der Waals surface area contributed by atoms with Gasteiger partial charge in [-0.3, -0.25) is 9.36 Å². The summed E-state index contributed by atoms with van der Waals surface area (Å²) in [5.74, 6) is 0.412. The molecule has 0 amide bonds. The molecule has 0 saturated heterocycles. The predicted molar refractivity (Wildman–Crippen MR) is 113 cm³/mol. The van der Waals surface area contributed by atoms with Crippen LogP contribution < -0.4 is 0 Å². The lowest BCUT2D eigenvalue weighted by atomic mass is 10.2. The fraction of sp³-hybridized carbons (Fsp3) is 0.286. The summed E-state index contributed by atoms with van der Waals surface area (Å²) in [4.78, 5) is 12.4. The smallest absolute Gasteiger partial charge is 0.319 e. The molecule has 0 saturated carbocycles. The van der Waals surface area contributed by atoms with Gasteiger partial charge >= 0.3 is 5.97 Å². The second-order valence-corrected chi connectivity index (χ2v) is 7.68. The van der Waals surface area contributed by atoms with Gasteiger partial charge in [-0.25, -0.2) is 0 Å². The average molecular weight is 416 g/mol. The first-order chi connectivity index (χ1) is 13.7. The van der Waals surface area contributed by atoms with E-state index in [-0.39, 0.29) is 11.2 Å². The van der Waals surface area contributed by atoms with Crippen molar-refractivity contribution in [2.45, 2.75) is 37.1 Å². The Kier molecular flexibility index (Phi) is 7.12. The molecule has 0 aliphatic carbocycles. The third-order valence-electron chi connectivity index (χ3n) is 4.11. The molecule has 3 aromatic rings. The van der Waals surface area contributed by atoms with Crippen molar-refractivity contribution < 1.29 is 9.53 Å². The van der Waals surface area contributed by atoms with E-state index < -0.39 is 0 Å². The summed E-state index contributed by atoms with van der Waals surface area (Å²) in [6.07, 6.45) is 1.57. The number of para-hydroxylation sites is 1. The number of thioether (sulfide) groups is 1. The number of nitrogens with zero attached hydrogens (tertiary/aromatic N) is 3. The predicted octanol–water partition coefficient (Wildman–Crippen LogP) is 5.41. The van der Waals surface area contributed by atoms with E-state index in [1.807, 2.05) is 73.0 Å². The van der Waals surface area contributed by atoms with Gasteiger partial charge < -0.3 is 4.74 Å². The minimum Gasteiger partial charge on any atom is -0.465 e. The van der Waals surface area contributed by atoms with Gasteiger partial charge in [-0.15, -0.1) is 10.2 Å². The summed E-state index contributed by atoms with van der Waals surface area (Å²) in [5.41, 5.74) is 1.69. The van der Waals surface area contributed by atoms with E-state index in [4.69, 9.17) is 16.3 Å². The first kappa shape index (κ1) is 20.4. The first-order valence-corrected chi connectivity index (χ1v) is 10.5. The zero-order valence-corrected chi connectivity index (χ0v) is 17.4. The van der Waals surface area contributed by atoms with E-state index >= 15 is 0 Å². The van der Waals surface area contributed by atoms with E-state index in [1.54, 1.807) is 0 Å². The standard InChI is InChI=1S/C21H22ClN3O2S/c1-3-10-18(20(26)27-4-2)28-21-24-23-19(16-13-8-9-14-17(16)22)25(21)15-11-6-5-7-12-15/h5-9,11-14,18H,3-4,10H2,1-2H3. The maximum absolute atomic E-state index is 12.4. The second kappa shape index (κ2) is 9.75. The van der Waals surface area contributed by atoms with E-state index in [0.29, 0.717) is 29.0 Å². The number of ether oxygens (including phenoxy) is 1. The summed E-state index contributed by atoms with van der Waals surface area (Å²) in [7, 11) is 0. The van der Waals surface area contributed by atoms with Gasteiger partial charge in [0.1, 0.15) is 5.25 Å². The molecule has 28 heavy (non-hydrogen) atoms. The minimum atomic E-state index is -0.337. The van der Waals surface area contributed by atoms with Crippen LogP contribution in [0.5, 0.6) is 0 Å². The monoisotopic (exact) mass is 415 g/mol. The number of hydrogen-bond donors (Lipinski definition) is 0. The van der Waals surface area contributed by atoms with Crippen LogP contribution in [0, 0.1) is 0 Å². The number of halogens is 1. The molecule has 1 aromatic heterocycles. The Labute approximate surface area is 174 Å².